The number of rotatable bonds is 7. The Bertz CT molecular complexity index is 500. The summed E-state index contributed by atoms with van der Waals surface area (Å²) in [6, 6.07) is 7.86. The molecule has 1 unspecified atom stereocenters. The zero-order valence-electron chi connectivity index (χ0n) is 12.2. The van der Waals surface area contributed by atoms with Crippen molar-refractivity contribution in [3.8, 4) is 0 Å². The van der Waals surface area contributed by atoms with Crippen molar-refractivity contribution < 1.29 is 8.42 Å². The Morgan fingerprint density at radius 3 is 2.53 bits per heavy atom. The predicted octanol–water partition coefficient (Wildman–Crippen LogP) is 1.75. The maximum Gasteiger partial charge on any atom is 0.218 e. The fourth-order valence-electron chi connectivity index (χ4n) is 1.88. The molecule has 0 aliphatic rings. The first-order chi connectivity index (χ1) is 8.89. The topological polar surface area (TPSA) is 49.4 Å². The maximum absolute atomic E-state index is 12.3. The zero-order valence-corrected chi connectivity index (χ0v) is 13.0. The standard InChI is InChI=1S/C14H24N2O2S/c1-5-15-10-13(3)19(17,18)16(4)11-14-9-7-6-8-12(14)2/h6-9,13,15H,5,10-11H2,1-4H3. The van der Waals surface area contributed by atoms with Gasteiger partial charge in [-0.25, -0.2) is 12.7 Å². The molecule has 0 radical (unpaired) electrons. The molecule has 0 aromatic heterocycles. The summed E-state index contributed by atoms with van der Waals surface area (Å²) >= 11 is 0. The zero-order chi connectivity index (χ0) is 14.5. The van der Waals surface area contributed by atoms with Crippen LogP contribution in [0.25, 0.3) is 0 Å². The number of benzene rings is 1. The summed E-state index contributed by atoms with van der Waals surface area (Å²) in [7, 11) is -1.61. The van der Waals surface area contributed by atoms with Crippen LogP contribution in [-0.4, -0.2) is 38.1 Å². The Labute approximate surface area is 116 Å². The van der Waals surface area contributed by atoms with Gasteiger partial charge in [0.05, 0.1) is 5.25 Å². The molecule has 1 aromatic rings. The van der Waals surface area contributed by atoms with Crippen LogP contribution in [0.5, 0.6) is 0 Å². The molecule has 1 aromatic carbocycles. The molecule has 0 bridgehead atoms. The number of aryl methyl sites for hydroxylation is 1. The Kier molecular flexibility index (Phi) is 5.97. The third kappa shape index (κ3) is 4.30. The van der Waals surface area contributed by atoms with Crippen molar-refractivity contribution in [2.24, 2.45) is 0 Å². The van der Waals surface area contributed by atoms with Crippen molar-refractivity contribution in [1.82, 2.24) is 9.62 Å². The van der Waals surface area contributed by atoms with Crippen molar-refractivity contribution in [2.45, 2.75) is 32.6 Å². The molecular formula is C14H24N2O2S. The first-order valence-electron chi connectivity index (χ1n) is 6.60. The second kappa shape index (κ2) is 7.03. The first kappa shape index (κ1) is 16.1. The Hall–Kier alpha value is -0.910. The fourth-order valence-corrected chi connectivity index (χ4v) is 3.14. The summed E-state index contributed by atoms with van der Waals surface area (Å²) in [5.41, 5.74) is 2.16. The molecule has 0 amide bonds. The number of nitrogens with one attached hydrogen (secondary N) is 1. The summed E-state index contributed by atoms with van der Waals surface area (Å²) in [6.07, 6.45) is 0. The van der Waals surface area contributed by atoms with Gasteiger partial charge in [0.1, 0.15) is 0 Å². The number of hydrogen-bond acceptors (Lipinski definition) is 3. The van der Waals surface area contributed by atoms with Gasteiger partial charge in [0.25, 0.3) is 0 Å². The number of sulfonamides is 1. The van der Waals surface area contributed by atoms with Gasteiger partial charge in [0.2, 0.25) is 10.0 Å². The van der Waals surface area contributed by atoms with Gasteiger partial charge in [0, 0.05) is 20.1 Å². The minimum Gasteiger partial charge on any atom is -0.316 e. The molecule has 1 N–H and O–H groups in total. The summed E-state index contributed by atoms with van der Waals surface area (Å²) in [4.78, 5) is 0. The SMILES string of the molecule is CCNCC(C)S(=O)(=O)N(C)Cc1ccccc1C. The average Bonchev–Trinajstić information content (AvgIpc) is 2.38. The van der Waals surface area contributed by atoms with E-state index in [1.807, 2.05) is 38.1 Å². The third-order valence-corrected chi connectivity index (χ3v) is 5.46. The van der Waals surface area contributed by atoms with Crippen molar-refractivity contribution >= 4 is 10.0 Å². The molecule has 0 aliphatic heterocycles. The van der Waals surface area contributed by atoms with E-state index >= 15 is 0 Å². The second-order valence-electron chi connectivity index (χ2n) is 4.85. The molecule has 5 heteroatoms. The lowest BCUT2D eigenvalue weighted by atomic mass is 10.1. The molecule has 19 heavy (non-hydrogen) atoms. The van der Waals surface area contributed by atoms with Crippen molar-refractivity contribution in [3.05, 3.63) is 35.4 Å². The molecule has 0 fully saturated rings. The quantitative estimate of drug-likeness (QED) is 0.830. The molecule has 108 valence electrons. The molecule has 4 nitrogen and oxygen atoms in total. The highest BCUT2D eigenvalue weighted by atomic mass is 32.2. The van der Waals surface area contributed by atoms with E-state index in [0.29, 0.717) is 13.1 Å². The van der Waals surface area contributed by atoms with Crippen LogP contribution in [0.3, 0.4) is 0 Å². The lowest BCUT2D eigenvalue weighted by Gasteiger charge is -2.22. The van der Waals surface area contributed by atoms with Crippen molar-refractivity contribution in [3.63, 3.8) is 0 Å². The Balaban J connectivity index is 2.76. The van der Waals surface area contributed by atoms with Crippen LogP contribution in [0, 0.1) is 6.92 Å². The highest BCUT2D eigenvalue weighted by molar-refractivity contribution is 7.89. The monoisotopic (exact) mass is 284 g/mol. The van der Waals surface area contributed by atoms with Gasteiger partial charge in [0.15, 0.2) is 0 Å². The van der Waals surface area contributed by atoms with Crippen LogP contribution < -0.4 is 5.32 Å². The number of hydrogen-bond donors (Lipinski definition) is 1. The van der Waals surface area contributed by atoms with E-state index in [9.17, 15) is 8.42 Å². The normalized spacial score (nSPS) is 13.7. The summed E-state index contributed by atoms with van der Waals surface area (Å²) in [5.74, 6) is 0. The van der Waals surface area contributed by atoms with Crippen LogP contribution in [0.1, 0.15) is 25.0 Å². The van der Waals surface area contributed by atoms with Gasteiger partial charge in [-0.1, -0.05) is 31.2 Å². The largest absolute Gasteiger partial charge is 0.316 e. The summed E-state index contributed by atoms with van der Waals surface area (Å²) in [6.45, 7) is 7.39. The van der Waals surface area contributed by atoms with Gasteiger partial charge < -0.3 is 5.32 Å². The van der Waals surface area contributed by atoms with Gasteiger partial charge in [-0.3, -0.25) is 0 Å². The minimum absolute atomic E-state index is 0.415. The van der Waals surface area contributed by atoms with Gasteiger partial charge >= 0.3 is 0 Å². The molecular weight excluding hydrogens is 260 g/mol. The maximum atomic E-state index is 12.3. The van der Waals surface area contributed by atoms with E-state index in [1.165, 1.54) is 4.31 Å². The van der Waals surface area contributed by atoms with Crippen molar-refractivity contribution in [1.29, 1.82) is 0 Å². The minimum atomic E-state index is -3.26. The number of nitrogens with zero attached hydrogens (tertiary/aromatic N) is 1. The van der Waals surface area contributed by atoms with E-state index in [0.717, 1.165) is 17.7 Å². The van der Waals surface area contributed by atoms with E-state index < -0.39 is 15.3 Å². The van der Waals surface area contributed by atoms with E-state index in [-0.39, 0.29) is 0 Å². The van der Waals surface area contributed by atoms with Gasteiger partial charge in [-0.15, -0.1) is 0 Å². The van der Waals surface area contributed by atoms with E-state index in [1.54, 1.807) is 14.0 Å². The molecule has 1 rings (SSSR count). The molecule has 0 heterocycles. The Morgan fingerprint density at radius 1 is 1.32 bits per heavy atom. The third-order valence-electron chi connectivity index (χ3n) is 3.28. The second-order valence-corrected chi connectivity index (χ2v) is 7.30. The van der Waals surface area contributed by atoms with Gasteiger partial charge in [-0.2, -0.15) is 0 Å². The first-order valence-corrected chi connectivity index (χ1v) is 8.10. The molecule has 0 spiro atoms. The van der Waals surface area contributed by atoms with Crippen LogP contribution in [0.4, 0.5) is 0 Å². The Morgan fingerprint density at radius 2 is 1.95 bits per heavy atom. The highest BCUT2D eigenvalue weighted by Gasteiger charge is 2.25. The lowest BCUT2D eigenvalue weighted by Crippen LogP contribution is -2.39. The fraction of sp³-hybridized carbons (Fsp3) is 0.571. The van der Waals surface area contributed by atoms with Gasteiger partial charge in [-0.05, 0) is 31.5 Å². The lowest BCUT2D eigenvalue weighted by molar-refractivity contribution is 0.453. The molecule has 0 saturated carbocycles. The van der Waals surface area contributed by atoms with Crippen LogP contribution in [-0.2, 0) is 16.6 Å². The summed E-state index contributed by atoms with van der Waals surface area (Å²) in [5, 5.41) is 2.66. The van der Waals surface area contributed by atoms with Crippen molar-refractivity contribution in [2.75, 3.05) is 20.1 Å². The highest BCUT2D eigenvalue weighted by Crippen LogP contribution is 2.14. The predicted molar refractivity (Wildman–Crippen MR) is 79.6 cm³/mol. The van der Waals surface area contributed by atoms with Crippen LogP contribution in [0.2, 0.25) is 0 Å². The molecule has 0 saturated heterocycles. The smallest absolute Gasteiger partial charge is 0.218 e. The summed E-state index contributed by atoms with van der Waals surface area (Å²) < 4.78 is 26.1. The van der Waals surface area contributed by atoms with E-state index in [4.69, 9.17) is 0 Å². The van der Waals surface area contributed by atoms with Crippen LogP contribution in [0.15, 0.2) is 24.3 Å². The van der Waals surface area contributed by atoms with Crippen LogP contribution >= 0.6 is 0 Å². The molecule has 1 atom stereocenters. The average molecular weight is 284 g/mol. The van der Waals surface area contributed by atoms with E-state index in [2.05, 4.69) is 5.32 Å². The molecule has 0 aliphatic carbocycles.